The molecule has 12 heavy (non-hydrogen) atoms. The first kappa shape index (κ1) is 11.4. The quantitative estimate of drug-likeness (QED) is 0.619. The molecule has 72 valence electrons. The lowest BCUT2D eigenvalue weighted by atomic mass is 10.2. The van der Waals surface area contributed by atoms with Gasteiger partial charge in [0.15, 0.2) is 0 Å². The third kappa shape index (κ3) is 3.68. The first-order valence-corrected chi connectivity index (χ1v) is 5.11. The summed E-state index contributed by atoms with van der Waals surface area (Å²) in [5.74, 6) is -0.559. The number of esters is 1. The largest absolute Gasteiger partial charge is 0.469 e. The topological polar surface area (TPSA) is 86.5 Å². The van der Waals surface area contributed by atoms with Gasteiger partial charge in [0.05, 0.1) is 18.8 Å². The molecule has 0 aliphatic rings. The minimum Gasteiger partial charge on any atom is -0.469 e. The average Bonchev–Trinajstić information content (AvgIpc) is 1.97. The van der Waals surface area contributed by atoms with Crippen LogP contribution in [0, 0.1) is 0 Å². The van der Waals surface area contributed by atoms with Crippen molar-refractivity contribution in [2.75, 3.05) is 7.11 Å². The van der Waals surface area contributed by atoms with Gasteiger partial charge < -0.3 is 4.74 Å². The summed E-state index contributed by atoms with van der Waals surface area (Å²) in [6, 6.07) is 0. The summed E-state index contributed by atoms with van der Waals surface area (Å²) < 4.78 is 25.9. The number of sulfonamides is 1. The van der Waals surface area contributed by atoms with Crippen molar-refractivity contribution in [1.29, 1.82) is 0 Å². The van der Waals surface area contributed by atoms with Crippen molar-refractivity contribution in [1.82, 2.24) is 0 Å². The van der Waals surface area contributed by atoms with Crippen molar-refractivity contribution in [2.45, 2.75) is 25.0 Å². The zero-order chi connectivity index (χ0) is 9.78. The molecule has 0 fully saturated rings. The lowest BCUT2D eigenvalue weighted by Crippen LogP contribution is -2.30. The summed E-state index contributed by atoms with van der Waals surface area (Å²) in [5, 5.41) is 4.03. The third-order valence-electron chi connectivity index (χ3n) is 1.54. The normalized spacial score (nSPS) is 13.9. The Morgan fingerprint density at radius 1 is 1.58 bits per heavy atom. The molecule has 0 rings (SSSR count). The predicted molar refractivity (Wildman–Crippen MR) is 43.8 cm³/mol. The summed E-state index contributed by atoms with van der Waals surface area (Å²) in [6.07, 6.45) is 0.139. The van der Waals surface area contributed by atoms with Crippen LogP contribution in [-0.4, -0.2) is 26.7 Å². The van der Waals surface area contributed by atoms with Crippen molar-refractivity contribution in [2.24, 2.45) is 5.14 Å². The molecule has 0 aliphatic carbocycles. The highest BCUT2D eigenvalue weighted by molar-refractivity contribution is 7.89. The third-order valence-corrected chi connectivity index (χ3v) is 2.97. The van der Waals surface area contributed by atoms with E-state index < -0.39 is 21.2 Å². The Hall–Kier alpha value is -0.620. The molecule has 0 aliphatic heterocycles. The van der Waals surface area contributed by atoms with Gasteiger partial charge in [0, 0.05) is 0 Å². The summed E-state index contributed by atoms with van der Waals surface area (Å²) in [6.45, 7) is 1.65. The number of hydrogen-bond acceptors (Lipinski definition) is 4. The minimum absolute atomic E-state index is 0.175. The zero-order valence-electron chi connectivity index (χ0n) is 7.11. The van der Waals surface area contributed by atoms with E-state index in [2.05, 4.69) is 4.74 Å². The maximum atomic E-state index is 10.8. The number of carbonyl (C=O) groups excluding carboxylic acids is 1. The van der Waals surface area contributed by atoms with Gasteiger partial charge >= 0.3 is 5.97 Å². The second-order valence-electron chi connectivity index (χ2n) is 2.40. The van der Waals surface area contributed by atoms with Crippen LogP contribution < -0.4 is 5.14 Å². The lowest BCUT2D eigenvalue weighted by Gasteiger charge is -2.09. The van der Waals surface area contributed by atoms with Gasteiger partial charge in [-0.3, -0.25) is 4.79 Å². The number of rotatable bonds is 4. The van der Waals surface area contributed by atoms with Crippen LogP contribution in [0.4, 0.5) is 0 Å². The Morgan fingerprint density at radius 2 is 2.08 bits per heavy atom. The second kappa shape index (κ2) is 4.42. The highest BCUT2D eigenvalue weighted by Gasteiger charge is 2.22. The molecule has 0 saturated heterocycles. The Kier molecular flexibility index (Phi) is 4.19. The Balaban J connectivity index is 4.30. The van der Waals surface area contributed by atoms with Gasteiger partial charge in [-0.15, -0.1) is 0 Å². The smallest absolute Gasteiger partial charge is 0.306 e. The summed E-state index contributed by atoms with van der Waals surface area (Å²) in [7, 11) is -2.41. The van der Waals surface area contributed by atoms with E-state index in [-0.39, 0.29) is 6.42 Å². The van der Waals surface area contributed by atoms with Crippen LogP contribution in [-0.2, 0) is 19.6 Å². The van der Waals surface area contributed by atoms with Crippen LogP contribution in [0.2, 0.25) is 0 Å². The van der Waals surface area contributed by atoms with E-state index in [1.165, 1.54) is 7.11 Å². The van der Waals surface area contributed by atoms with E-state index in [0.29, 0.717) is 6.42 Å². The van der Waals surface area contributed by atoms with E-state index in [1.807, 2.05) is 0 Å². The number of nitrogens with two attached hydrogens (primary N) is 1. The Bertz CT molecular complexity index is 246. The van der Waals surface area contributed by atoms with Crippen LogP contribution in [0.1, 0.15) is 19.8 Å². The van der Waals surface area contributed by atoms with Gasteiger partial charge in [-0.25, -0.2) is 13.6 Å². The van der Waals surface area contributed by atoms with E-state index in [9.17, 15) is 13.2 Å². The van der Waals surface area contributed by atoms with Gasteiger partial charge in [-0.05, 0) is 6.42 Å². The van der Waals surface area contributed by atoms with Crippen LogP contribution >= 0.6 is 0 Å². The van der Waals surface area contributed by atoms with Crippen LogP contribution in [0.15, 0.2) is 0 Å². The maximum absolute atomic E-state index is 10.8. The van der Waals surface area contributed by atoms with E-state index in [1.54, 1.807) is 6.92 Å². The maximum Gasteiger partial charge on any atom is 0.306 e. The number of primary sulfonamides is 1. The van der Waals surface area contributed by atoms with Gasteiger partial charge in [-0.2, -0.15) is 0 Å². The van der Waals surface area contributed by atoms with Gasteiger partial charge in [-0.1, -0.05) is 6.92 Å². The van der Waals surface area contributed by atoms with Crippen molar-refractivity contribution in [3.8, 4) is 0 Å². The molecule has 0 bridgehead atoms. The molecule has 1 atom stereocenters. The monoisotopic (exact) mass is 195 g/mol. The van der Waals surface area contributed by atoms with Gasteiger partial charge in [0.2, 0.25) is 10.0 Å². The number of ether oxygens (including phenoxy) is 1. The molecule has 0 radical (unpaired) electrons. The highest BCUT2D eigenvalue weighted by Crippen LogP contribution is 2.07. The fourth-order valence-electron chi connectivity index (χ4n) is 0.762. The molecule has 0 amide bonds. The molecular formula is C6H13NO4S. The molecule has 5 nitrogen and oxygen atoms in total. The average molecular weight is 195 g/mol. The predicted octanol–water partition coefficient (Wildman–Crippen LogP) is -0.383. The van der Waals surface area contributed by atoms with Crippen molar-refractivity contribution in [3.63, 3.8) is 0 Å². The molecule has 0 aromatic heterocycles. The molecule has 0 aromatic rings. The molecule has 0 saturated carbocycles. The van der Waals surface area contributed by atoms with Gasteiger partial charge in [0.1, 0.15) is 0 Å². The van der Waals surface area contributed by atoms with Crippen molar-refractivity contribution >= 4 is 16.0 Å². The van der Waals surface area contributed by atoms with Crippen molar-refractivity contribution in [3.05, 3.63) is 0 Å². The van der Waals surface area contributed by atoms with Crippen LogP contribution in [0.25, 0.3) is 0 Å². The molecule has 6 heteroatoms. The van der Waals surface area contributed by atoms with E-state index >= 15 is 0 Å². The fourth-order valence-corrected chi connectivity index (χ4v) is 1.60. The highest BCUT2D eigenvalue weighted by atomic mass is 32.2. The lowest BCUT2D eigenvalue weighted by molar-refractivity contribution is -0.140. The molecule has 0 heterocycles. The Labute approximate surface area is 71.9 Å². The summed E-state index contributed by atoms with van der Waals surface area (Å²) >= 11 is 0. The Morgan fingerprint density at radius 3 is 2.33 bits per heavy atom. The van der Waals surface area contributed by atoms with E-state index in [0.717, 1.165) is 0 Å². The second-order valence-corrected chi connectivity index (χ2v) is 4.24. The molecule has 2 N–H and O–H groups in total. The molecular weight excluding hydrogens is 182 g/mol. The first-order chi connectivity index (χ1) is 5.41. The summed E-state index contributed by atoms with van der Waals surface area (Å²) in [5.41, 5.74) is 0. The van der Waals surface area contributed by atoms with Crippen LogP contribution in [0.5, 0.6) is 0 Å². The molecule has 1 unspecified atom stereocenters. The molecule has 0 spiro atoms. The van der Waals surface area contributed by atoms with Crippen molar-refractivity contribution < 1.29 is 17.9 Å². The number of hydrogen-bond donors (Lipinski definition) is 1. The number of carbonyl (C=O) groups is 1. The zero-order valence-corrected chi connectivity index (χ0v) is 7.93. The SMILES string of the molecule is CCC(CC(=O)OC)S(N)(=O)=O. The minimum atomic E-state index is -3.62. The summed E-state index contributed by atoms with van der Waals surface area (Å²) in [4.78, 5) is 10.7. The molecule has 0 aromatic carbocycles. The fraction of sp³-hybridized carbons (Fsp3) is 0.833. The van der Waals surface area contributed by atoms with E-state index in [4.69, 9.17) is 5.14 Å². The van der Waals surface area contributed by atoms with Crippen LogP contribution in [0.3, 0.4) is 0 Å². The number of methoxy groups -OCH3 is 1. The standard InChI is InChI=1S/C6H13NO4S/c1-3-5(12(7,9)10)4-6(8)11-2/h5H,3-4H2,1-2H3,(H2,7,9,10). The van der Waals surface area contributed by atoms with Gasteiger partial charge in [0.25, 0.3) is 0 Å². The first-order valence-electron chi connectivity index (χ1n) is 3.50.